The van der Waals surface area contributed by atoms with Gasteiger partial charge in [0, 0.05) is 18.7 Å². The smallest absolute Gasteiger partial charge is 0.310 e. The maximum absolute atomic E-state index is 11.1. The first-order chi connectivity index (χ1) is 7.95. The van der Waals surface area contributed by atoms with Crippen molar-refractivity contribution in [1.29, 1.82) is 0 Å². The Labute approximate surface area is 99.4 Å². The van der Waals surface area contributed by atoms with Crippen LogP contribution in [0.5, 0.6) is 5.75 Å². The second-order valence-electron chi connectivity index (χ2n) is 3.69. The molecule has 92 valence electrons. The summed E-state index contributed by atoms with van der Waals surface area (Å²) >= 11 is 0. The number of methoxy groups -OCH3 is 1. The summed E-state index contributed by atoms with van der Waals surface area (Å²) in [5, 5.41) is 11.6. The molecule has 1 unspecified atom stereocenters. The van der Waals surface area contributed by atoms with E-state index >= 15 is 0 Å². The SMILES string of the molecule is COc1ccc(C(C)C(=O)O)c(NC(C)=O)c1. The lowest BCUT2D eigenvalue weighted by Gasteiger charge is -2.14. The van der Waals surface area contributed by atoms with Crippen molar-refractivity contribution in [3.05, 3.63) is 23.8 Å². The number of hydrogen-bond acceptors (Lipinski definition) is 3. The lowest BCUT2D eigenvalue weighted by molar-refractivity contribution is -0.138. The van der Waals surface area contributed by atoms with Crippen LogP contribution >= 0.6 is 0 Å². The molecule has 1 aromatic rings. The van der Waals surface area contributed by atoms with Gasteiger partial charge in [0.2, 0.25) is 5.91 Å². The number of benzene rings is 1. The van der Waals surface area contributed by atoms with Gasteiger partial charge in [0.15, 0.2) is 0 Å². The summed E-state index contributed by atoms with van der Waals surface area (Å²) in [4.78, 5) is 22.0. The van der Waals surface area contributed by atoms with E-state index in [1.807, 2.05) is 0 Å². The molecular formula is C12H15NO4. The molecule has 5 heteroatoms. The fraction of sp³-hybridized carbons (Fsp3) is 0.333. The molecule has 0 fully saturated rings. The van der Waals surface area contributed by atoms with E-state index in [-0.39, 0.29) is 5.91 Å². The minimum absolute atomic E-state index is 0.253. The molecule has 0 aliphatic heterocycles. The molecule has 0 saturated carbocycles. The number of rotatable bonds is 4. The van der Waals surface area contributed by atoms with Crippen molar-refractivity contribution in [2.45, 2.75) is 19.8 Å². The molecule has 0 radical (unpaired) electrons. The van der Waals surface area contributed by atoms with Gasteiger partial charge in [-0.1, -0.05) is 6.07 Å². The molecule has 2 N–H and O–H groups in total. The van der Waals surface area contributed by atoms with E-state index in [2.05, 4.69) is 5.32 Å². The van der Waals surface area contributed by atoms with E-state index in [0.29, 0.717) is 17.0 Å². The highest BCUT2D eigenvalue weighted by Crippen LogP contribution is 2.28. The normalized spacial score (nSPS) is 11.7. The molecule has 0 heterocycles. The molecule has 1 rings (SSSR count). The van der Waals surface area contributed by atoms with E-state index in [9.17, 15) is 9.59 Å². The molecule has 1 amide bonds. The number of hydrogen-bond donors (Lipinski definition) is 2. The highest BCUT2D eigenvalue weighted by Gasteiger charge is 2.18. The maximum Gasteiger partial charge on any atom is 0.310 e. The minimum atomic E-state index is -0.943. The van der Waals surface area contributed by atoms with Crippen LogP contribution in [0.3, 0.4) is 0 Å². The van der Waals surface area contributed by atoms with E-state index in [4.69, 9.17) is 9.84 Å². The van der Waals surface area contributed by atoms with Crippen LogP contribution in [0.25, 0.3) is 0 Å². The monoisotopic (exact) mass is 237 g/mol. The van der Waals surface area contributed by atoms with Crippen LogP contribution in [0.2, 0.25) is 0 Å². The average Bonchev–Trinajstić information content (AvgIpc) is 2.27. The van der Waals surface area contributed by atoms with Gasteiger partial charge in [-0.3, -0.25) is 9.59 Å². The molecule has 0 spiro atoms. The van der Waals surface area contributed by atoms with Crippen molar-refractivity contribution >= 4 is 17.6 Å². The number of aliphatic carboxylic acids is 1. The number of anilines is 1. The molecule has 0 saturated heterocycles. The zero-order valence-corrected chi connectivity index (χ0v) is 9.98. The third-order valence-electron chi connectivity index (χ3n) is 2.41. The maximum atomic E-state index is 11.1. The summed E-state index contributed by atoms with van der Waals surface area (Å²) in [5.74, 6) is -1.32. The third-order valence-corrected chi connectivity index (χ3v) is 2.41. The van der Waals surface area contributed by atoms with E-state index in [0.717, 1.165) is 0 Å². The molecule has 17 heavy (non-hydrogen) atoms. The van der Waals surface area contributed by atoms with Crippen molar-refractivity contribution in [3.8, 4) is 5.75 Å². The summed E-state index contributed by atoms with van der Waals surface area (Å²) in [6, 6.07) is 4.92. The van der Waals surface area contributed by atoms with E-state index in [1.54, 1.807) is 25.1 Å². The largest absolute Gasteiger partial charge is 0.497 e. The molecule has 5 nitrogen and oxygen atoms in total. The molecule has 1 atom stereocenters. The Hall–Kier alpha value is -2.04. The molecular weight excluding hydrogens is 222 g/mol. The van der Waals surface area contributed by atoms with Gasteiger partial charge in [-0.2, -0.15) is 0 Å². The number of carboxylic acid groups (broad SMARTS) is 1. The van der Waals surface area contributed by atoms with Crippen molar-refractivity contribution < 1.29 is 19.4 Å². The van der Waals surface area contributed by atoms with Crippen molar-refractivity contribution in [2.24, 2.45) is 0 Å². The summed E-state index contributed by atoms with van der Waals surface area (Å²) in [6.07, 6.45) is 0. The predicted molar refractivity (Wildman–Crippen MR) is 63.3 cm³/mol. The van der Waals surface area contributed by atoms with Crippen molar-refractivity contribution in [1.82, 2.24) is 0 Å². The van der Waals surface area contributed by atoms with Gasteiger partial charge in [0.25, 0.3) is 0 Å². The second-order valence-corrected chi connectivity index (χ2v) is 3.69. The number of carboxylic acids is 1. The Morgan fingerprint density at radius 1 is 1.41 bits per heavy atom. The predicted octanol–water partition coefficient (Wildman–Crippen LogP) is 1.84. The molecule has 1 aromatic carbocycles. The van der Waals surface area contributed by atoms with Crippen LogP contribution in [-0.2, 0) is 9.59 Å². The summed E-state index contributed by atoms with van der Waals surface area (Å²) in [7, 11) is 1.51. The van der Waals surface area contributed by atoms with Crippen molar-refractivity contribution in [3.63, 3.8) is 0 Å². The summed E-state index contributed by atoms with van der Waals surface area (Å²) in [6.45, 7) is 2.93. The molecule has 0 bridgehead atoms. The fourth-order valence-corrected chi connectivity index (χ4v) is 1.47. The number of ether oxygens (including phenoxy) is 1. The first-order valence-electron chi connectivity index (χ1n) is 5.14. The Bertz CT molecular complexity index is 442. The van der Waals surface area contributed by atoms with E-state index < -0.39 is 11.9 Å². The van der Waals surface area contributed by atoms with Gasteiger partial charge < -0.3 is 15.2 Å². The second kappa shape index (κ2) is 5.34. The molecule has 0 aromatic heterocycles. The Kier molecular flexibility index (Phi) is 4.09. The first-order valence-corrected chi connectivity index (χ1v) is 5.14. The lowest BCUT2D eigenvalue weighted by atomic mass is 9.99. The van der Waals surface area contributed by atoms with Crippen molar-refractivity contribution in [2.75, 3.05) is 12.4 Å². The van der Waals surface area contributed by atoms with Crippen LogP contribution in [0.4, 0.5) is 5.69 Å². The Balaban J connectivity index is 3.18. The van der Waals surface area contributed by atoms with Gasteiger partial charge in [-0.15, -0.1) is 0 Å². The Morgan fingerprint density at radius 3 is 2.53 bits per heavy atom. The summed E-state index contributed by atoms with van der Waals surface area (Å²) in [5.41, 5.74) is 1.01. The summed E-state index contributed by atoms with van der Waals surface area (Å²) < 4.78 is 5.03. The minimum Gasteiger partial charge on any atom is -0.497 e. The third kappa shape index (κ3) is 3.21. The topological polar surface area (TPSA) is 75.6 Å². The standard InChI is InChI=1S/C12H15NO4/c1-7(12(15)16)10-5-4-9(17-3)6-11(10)13-8(2)14/h4-7H,1-3H3,(H,13,14)(H,15,16). The molecule has 0 aliphatic carbocycles. The van der Waals surface area contributed by atoms with Gasteiger partial charge in [0.1, 0.15) is 5.75 Å². The number of nitrogens with one attached hydrogen (secondary N) is 1. The highest BCUT2D eigenvalue weighted by atomic mass is 16.5. The van der Waals surface area contributed by atoms with Crippen LogP contribution in [-0.4, -0.2) is 24.1 Å². The first kappa shape index (κ1) is 13.0. The Morgan fingerprint density at radius 2 is 2.06 bits per heavy atom. The average molecular weight is 237 g/mol. The fourth-order valence-electron chi connectivity index (χ4n) is 1.47. The lowest BCUT2D eigenvalue weighted by Crippen LogP contribution is -2.13. The van der Waals surface area contributed by atoms with Gasteiger partial charge in [0.05, 0.1) is 13.0 Å². The van der Waals surface area contributed by atoms with Gasteiger partial charge in [-0.25, -0.2) is 0 Å². The zero-order chi connectivity index (χ0) is 13.0. The molecule has 0 aliphatic rings. The van der Waals surface area contributed by atoms with Crippen LogP contribution in [0, 0.1) is 0 Å². The highest BCUT2D eigenvalue weighted by molar-refractivity contribution is 5.91. The zero-order valence-electron chi connectivity index (χ0n) is 9.98. The van der Waals surface area contributed by atoms with Gasteiger partial charge >= 0.3 is 5.97 Å². The quantitative estimate of drug-likeness (QED) is 0.837. The van der Waals surface area contributed by atoms with Crippen LogP contribution in [0.15, 0.2) is 18.2 Å². The number of carbonyl (C=O) groups is 2. The van der Waals surface area contributed by atoms with Gasteiger partial charge in [-0.05, 0) is 18.6 Å². The number of carbonyl (C=O) groups excluding carboxylic acids is 1. The number of amides is 1. The van der Waals surface area contributed by atoms with Crippen LogP contribution in [0.1, 0.15) is 25.3 Å². The van der Waals surface area contributed by atoms with Crippen LogP contribution < -0.4 is 10.1 Å². The van der Waals surface area contributed by atoms with E-state index in [1.165, 1.54) is 14.0 Å².